The van der Waals surface area contributed by atoms with Crippen LogP contribution in [-0.4, -0.2) is 9.55 Å². The van der Waals surface area contributed by atoms with E-state index in [9.17, 15) is 0 Å². The summed E-state index contributed by atoms with van der Waals surface area (Å²) in [6, 6.07) is 8.37. The Bertz CT molecular complexity index is 457. The largest absolute Gasteiger partial charge is 0.328 e. The second-order valence-electron chi connectivity index (χ2n) is 4.01. The zero-order valence-electron chi connectivity index (χ0n) is 9.70. The lowest BCUT2D eigenvalue weighted by atomic mass is 10.1. The molecule has 0 fully saturated rings. The van der Waals surface area contributed by atoms with Gasteiger partial charge in [-0.05, 0) is 25.5 Å². The van der Waals surface area contributed by atoms with Gasteiger partial charge in [0.25, 0.3) is 0 Å². The normalized spacial score (nSPS) is 13.3. The molecule has 0 bridgehead atoms. The van der Waals surface area contributed by atoms with E-state index < -0.39 is 0 Å². The average molecular weight is 202 g/mol. The molecule has 1 atom stereocenters. The van der Waals surface area contributed by atoms with Crippen molar-refractivity contribution in [3.63, 3.8) is 0 Å². The van der Waals surface area contributed by atoms with Gasteiger partial charge in [0.05, 0.1) is 11.0 Å². The minimum atomic E-state index is 0.539. The van der Waals surface area contributed by atoms with Gasteiger partial charge in [-0.2, -0.15) is 0 Å². The minimum Gasteiger partial charge on any atom is -0.328 e. The van der Waals surface area contributed by atoms with Crippen LogP contribution in [-0.2, 0) is 6.54 Å². The number of aromatic nitrogens is 2. The maximum Gasteiger partial charge on any atom is 0.112 e. The number of nitrogens with zero attached hydrogens (tertiary/aromatic N) is 2. The molecule has 2 nitrogen and oxygen atoms in total. The van der Waals surface area contributed by atoms with Crippen molar-refractivity contribution in [2.45, 2.75) is 39.7 Å². The molecule has 0 aliphatic heterocycles. The molecule has 0 N–H and O–H groups in total. The molecule has 2 heteroatoms. The molecule has 1 aromatic carbocycles. The van der Waals surface area contributed by atoms with Crippen molar-refractivity contribution in [3.05, 3.63) is 30.1 Å². The summed E-state index contributed by atoms with van der Waals surface area (Å²) in [6.45, 7) is 7.64. The monoisotopic (exact) mass is 202 g/mol. The molecule has 1 heterocycles. The van der Waals surface area contributed by atoms with Gasteiger partial charge in [0.1, 0.15) is 5.82 Å². The predicted molar refractivity (Wildman–Crippen MR) is 64.1 cm³/mol. The first kappa shape index (κ1) is 10.2. The van der Waals surface area contributed by atoms with E-state index in [2.05, 4.69) is 49.6 Å². The highest BCUT2D eigenvalue weighted by Crippen LogP contribution is 2.23. The summed E-state index contributed by atoms with van der Waals surface area (Å²) < 4.78 is 2.32. The molecule has 2 aromatic rings. The lowest BCUT2D eigenvalue weighted by Crippen LogP contribution is -2.04. The standard InChI is InChI=1S/C13H18N2/c1-4-10(3)13-14-11-8-6-7-9-12(11)15(13)5-2/h6-10H,4-5H2,1-3H3. The van der Waals surface area contributed by atoms with E-state index >= 15 is 0 Å². The maximum absolute atomic E-state index is 4.72. The second kappa shape index (κ2) is 4.05. The lowest BCUT2D eigenvalue weighted by Gasteiger charge is -2.10. The number of imidazole rings is 1. The molecule has 2 rings (SSSR count). The number of aryl methyl sites for hydroxylation is 1. The molecular formula is C13H18N2. The Morgan fingerprint density at radius 1 is 1.27 bits per heavy atom. The molecule has 0 aliphatic carbocycles. The summed E-state index contributed by atoms with van der Waals surface area (Å²) in [5.41, 5.74) is 2.38. The van der Waals surface area contributed by atoms with Crippen LogP contribution in [0.3, 0.4) is 0 Å². The molecule has 0 saturated carbocycles. The van der Waals surface area contributed by atoms with Gasteiger partial charge < -0.3 is 4.57 Å². The summed E-state index contributed by atoms with van der Waals surface area (Å²) in [5, 5.41) is 0. The lowest BCUT2D eigenvalue weighted by molar-refractivity contribution is 0.617. The molecule has 0 amide bonds. The van der Waals surface area contributed by atoms with E-state index in [1.165, 1.54) is 11.3 Å². The first-order valence-corrected chi connectivity index (χ1v) is 5.73. The van der Waals surface area contributed by atoms with Crippen molar-refractivity contribution in [3.8, 4) is 0 Å². The number of hydrogen-bond acceptors (Lipinski definition) is 1. The van der Waals surface area contributed by atoms with Gasteiger partial charge in [-0.15, -0.1) is 0 Å². The molecule has 0 saturated heterocycles. The zero-order valence-corrected chi connectivity index (χ0v) is 9.70. The van der Waals surface area contributed by atoms with E-state index in [-0.39, 0.29) is 0 Å². The third-order valence-corrected chi connectivity index (χ3v) is 3.05. The highest BCUT2D eigenvalue weighted by Gasteiger charge is 2.13. The van der Waals surface area contributed by atoms with Crippen LogP contribution in [0.4, 0.5) is 0 Å². The van der Waals surface area contributed by atoms with Crippen LogP contribution >= 0.6 is 0 Å². The van der Waals surface area contributed by atoms with Crippen LogP contribution in [0.15, 0.2) is 24.3 Å². The van der Waals surface area contributed by atoms with E-state index in [1.54, 1.807) is 0 Å². The van der Waals surface area contributed by atoms with Gasteiger partial charge in [0.15, 0.2) is 0 Å². The molecule has 1 unspecified atom stereocenters. The fourth-order valence-corrected chi connectivity index (χ4v) is 1.99. The van der Waals surface area contributed by atoms with Crippen LogP contribution in [0.2, 0.25) is 0 Å². The summed E-state index contributed by atoms with van der Waals surface area (Å²) >= 11 is 0. The summed E-state index contributed by atoms with van der Waals surface area (Å²) in [4.78, 5) is 4.72. The quantitative estimate of drug-likeness (QED) is 0.744. The van der Waals surface area contributed by atoms with Gasteiger partial charge >= 0.3 is 0 Å². The Balaban J connectivity index is 2.63. The van der Waals surface area contributed by atoms with E-state index in [1.807, 2.05) is 0 Å². The van der Waals surface area contributed by atoms with Crippen molar-refractivity contribution in [1.29, 1.82) is 0 Å². The number of fused-ring (bicyclic) bond motifs is 1. The summed E-state index contributed by atoms with van der Waals surface area (Å²) in [7, 11) is 0. The zero-order chi connectivity index (χ0) is 10.8. The highest BCUT2D eigenvalue weighted by atomic mass is 15.1. The third kappa shape index (κ3) is 1.65. The van der Waals surface area contributed by atoms with Gasteiger partial charge in [-0.1, -0.05) is 26.0 Å². The van der Waals surface area contributed by atoms with Crippen molar-refractivity contribution in [2.24, 2.45) is 0 Å². The Hall–Kier alpha value is -1.31. The molecule has 0 radical (unpaired) electrons. The van der Waals surface area contributed by atoms with E-state index in [4.69, 9.17) is 4.98 Å². The molecule has 0 spiro atoms. The first-order chi connectivity index (χ1) is 7.27. The molecular weight excluding hydrogens is 184 g/mol. The van der Waals surface area contributed by atoms with Crippen molar-refractivity contribution in [2.75, 3.05) is 0 Å². The minimum absolute atomic E-state index is 0.539. The van der Waals surface area contributed by atoms with Gasteiger partial charge in [-0.25, -0.2) is 4.98 Å². The topological polar surface area (TPSA) is 17.8 Å². The average Bonchev–Trinajstić information content (AvgIpc) is 2.66. The highest BCUT2D eigenvalue weighted by molar-refractivity contribution is 5.76. The van der Waals surface area contributed by atoms with Crippen molar-refractivity contribution < 1.29 is 0 Å². The van der Waals surface area contributed by atoms with E-state index in [0.29, 0.717) is 5.92 Å². The number of para-hydroxylation sites is 2. The van der Waals surface area contributed by atoms with Crippen LogP contribution in [0.25, 0.3) is 11.0 Å². The van der Waals surface area contributed by atoms with Crippen LogP contribution in [0.1, 0.15) is 38.9 Å². The summed E-state index contributed by atoms with van der Waals surface area (Å²) in [5.74, 6) is 1.76. The van der Waals surface area contributed by atoms with Gasteiger partial charge in [-0.3, -0.25) is 0 Å². The maximum atomic E-state index is 4.72. The Morgan fingerprint density at radius 3 is 2.67 bits per heavy atom. The van der Waals surface area contributed by atoms with Crippen molar-refractivity contribution >= 4 is 11.0 Å². The van der Waals surface area contributed by atoms with Crippen LogP contribution in [0.5, 0.6) is 0 Å². The first-order valence-electron chi connectivity index (χ1n) is 5.73. The van der Waals surface area contributed by atoms with Gasteiger partial charge in [0, 0.05) is 12.5 Å². The predicted octanol–water partition coefficient (Wildman–Crippen LogP) is 3.57. The smallest absolute Gasteiger partial charge is 0.112 e. The third-order valence-electron chi connectivity index (χ3n) is 3.05. The fraction of sp³-hybridized carbons (Fsp3) is 0.462. The molecule has 1 aromatic heterocycles. The van der Waals surface area contributed by atoms with E-state index in [0.717, 1.165) is 18.5 Å². The fourth-order valence-electron chi connectivity index (χ4n) is 1.99. The molecule has 80 valence electrons. The van der Waals surface area contributed by atoms with Crippen LogP contribution in [0, 0.1) is 0 Å². The number of rotatable bonds is 3. The Kier molecular flexibility index (Phi) is 2.76. The van der Waals surface area contributed by atoms with Crippen LogP contribution < -0.4 is 0 Å². The van der Waals surface area contributed by atoms with Gasteiger partial charge in [0.2, 0.25) is 0 Å². The second-order valence-corrected chi connectivity index (χ2v) is 4.01. The number of benzene rings is 1. The molecule has 0 aliphatic rings. The SMILES string of the molecule is CCC(C)c1nc2ccccc2n1CC. The van der Waals surface area contributed by atoms with Crippen molar-refractivity contribution in [1.82, 2.24) is 9.55 Å². The molecule has 15 heavy (non-hydrogen) atoms. The Morgan fingerprint density at radius 2 is 2.00 bits per heavy atom. The number of hydrogen-bond donors (Lipinski definition) is 0. The Labute approximate surface area is 90.9 Å². The summed E-state index contributed by atoms with van der Waals surface area (Å²) in [6.07, 6.45) is 1.14.